The van der Waals surface area contributed by atoms with Crippen LogP contribution in [0.15, 0.2) is 18.2 Å². The van der Waals surface area contributed by atoms with Crippen molar-refractivity contribution in [2.75, 3.05) is 18.5 Å². The maximum absolute atomic E-state index is 11.5. The van der Waals surface area contributed by atoms with Gasteiger partial charge in [-0.1, -0.05) is 17.7 Å². The number of carbonyl (C=O) groups is 1. The molecular formula is C15H22N2O2. The quantitative estimate of drug-likeness (QED) is 0.851. The van der Waals surface area contributed by atoms with E-state index in [-0.39, 0.29) is 5.92 Å². The van der Waals surface area contributed by atoms with Crippen molar-refractivity contribution in [3.63, 3.8) is 0 Å². The number of carboxylic acid groups (broad SMARTS) is 1. The standard InChI is InChI=1S/C15H22N2O2/c1-10-4-7-13(11(2)8-10)17(3)9-15(16,14(18)19)12-5-6-12/h4,7-8,12H,5-6,9,16H2,1-3H3,(H,18,19). The molecule has 3 N–H and O–H groups in total. The third kappa shape index (κ3) is 2.73. The van der Waals surface area contributed by atoms with Crippen molar-refractivity contribution in [3.8, 4) is 0 Å². The first kappa shape index (κ1) is 13.9. The Bertz CT molecular complexity index is 497. The molecule has 0 aromatic heterocycles. The molecule has 19 heavy (non-hydrogen) atoms. The van der Waals surface area contributed by atoms with Crippen molar-refractivity contribution in [2.24, 2.45) is 11.7 Å². The van der Waals surface area contributed by atoms with Gasteiger partial charge in [-0.3, -0.25) is 4.79 Å². The molecule has 0 heterocycles. The van der Waals surface area contributed by atoms with Crippen LogP contribution >= 0.6 is 0 Å². The lowest BCUT2D eigenvalue weighted by molar-refractivity contribution is -0.143. The Morgan fingerprint density at radius 3 is 2.58 bits per heavy atom. The van der Waals surface area contributed by atoms with E-state index in [1.54, 1.807) is 0 Å². The van der Waals surface area contributed by atoms with Gasteiger partial charge < -0.3 is 15.7 Å². The number of nitrogens with two attached hydrogens (primary N) is 1. The summed E-state index contributed by atoms with van der Waals surface area (Å²) in [5, 5.41) is 9.40. The molecule has 2 rings (SSSR count). The number of likely N-dealkylation sites (N-methyl/N-ethyl adjacent to an activating group) is 1. The Hall–Kier alpha value is -1.55. The van der Waals surface area contributed by atoms with E-state index in [1.807, 2.05) is 37.9 Å². The number of hydrogen-bond donors (Lipinski definition) is 2. The van der Waals surface area contributed by atoms with Crippen LogP contribution in [-0.4, -0.2) is 30.2 Å². The molecule has 1 fully saturated rings. The van der Waals surface area contributed by atoms with Gasteiger partial charge in [-0.15, -0.1) is 0 Å². The molecule has 0 spiro atoms. The minimum absolute atomic E-state index is 0.109. The minimum atomic E-state index is -1.13. The molecule has 1 aliphatic rings. The van der Waals surface area contributed by atoms with Crippen molar-refractivity contribution >= 4 is 11.7 Å². The molecule has 1 aliphatic carbocycles. The summed E-state index contributed by atoms with van der Waals surface area (Å²) in [6.45, 7) is 4.43. The molecule has 0 bridgehead atoms. The summed E-state index contributed by atoms with van der Waals surface area (Å²) >= 11 is 0. The Kier molecular flexibility index (Phi) is 3.54. The van der Waals surface area contributed by atoms with Gasteiger partial charge in [0.1, 0.15) is 5.54 Å². The summed E-state index contributed by atoms with van der Waals surface area (Å²) in [4.78, 5) is 13.4. The maximum Gasteiger partial charge on any atom is 0.325 e. The zero-order chi connectivity index (χ0) is 14.2. The highest BCUT2D eigenvalue weighted by Gasteiger charge is 2.49. The SMILES string of the molecule is Cc1ccc(N(C)CC(N)(C(=O)O)C2CC2)c(C)c1. The Labute approximate surface area is 114 Å². The van der Waals surface area contributed by atoms with Crippen LogP contribution in [0.4, 0.5) is 5.69 Å². The molecule has 1 atom stereocenters. The van der Waals surface area contributed by atoms with Gasteiger partial charge in [-0.2, -0.15) is 0 Å². The molecular weight excluding hydrogens is 240 g/mol. The van der Waals surface area contributed by atoms with Crippen molar-refractivity contribution in [3.05, 3.63) is 29.3 Å². The van der Waals surface area contributed by atoms with Crippen LogP contribution < -0.4 is 10.6 Å². The maximum atomic E-state index is 11.5. The van der Waals surface area contributed by atoms with Crippen LogP contribution in [-0.2, 0) is 4.79 Å². The van der Waals surface area contributed by atoms with E-state index in [0.717, 1.165) is 24.1 Å². The molecule has 4 heteroatoms. The van der Waals surface area contributed by atoms with Gasteiger partial charge in [0.25, 0.3) is 0 Å². The summed E-state index contributed by atoms with van der Waals surface area (Å²) in [5.41, 5.74) is 8.38. The zero-order valence-electron chi connectivity index (χ0n) is 11.8. The van der Waals surface area contributed by atoms with E-state index in [0.29, 0.717) is 6.54 Å². The largest absolute Gasteiger partial charge is 0.480 e. The molecule has 0 radical (unpaired) electrons. The lowest BCUT2D eigenvalue weighted by Gasteiger charge is -2.32. The first-order chi connectivity index (χ1) is 8.84. The molecule has 0 aliphatic heterocycles. The molecule has 1 unspecified atom stereocenters. The molecule has 1 saturated carbocycles. The lowest BCUT2D eigenvalue weighted by Crippen LogP contribution is -2.57. The Balaban J connectivity index is 2.19. The van der Waals surface area contributed by atoms with Crippen LogP contribution in [0.25, 0.3) is 0 Å². The fourth-order valence-corrected chi connectivity index (χ4v) is 2.68. The number of hydrogen-bond acceptors (Lipinski definition) is 3. The summed E-state index contributed by atoms with van der Waals surface area (Å²) in [7, 11) is 1.91. The predicted octanol–water partition coefficient (Wildman–Crippen LogP) is 1.93. The lowest BCUT2D eigenvalue weighted by atomic mass is 9.93. The van der Waals surface area contributed by atoms with Crippen LogP contribution in [0.2, 0.25) is 0 Å². The molecule has 0 saturated heterocycles. The molecule has 1 aromatic rings. The zero-order valence-corrected chi connectivity index (χ0v) is 11.8. The summed E-state index contributed by atoms with van der Waals surface area (Å²) in [6.07, 6.45) is 1.84. The topological polar surface area (TPSA) is 66.6 Å². The first-order valence-electron chi connectivity index (χ1n) is 6.65. The van der Waals surface area contributed by atoms with Crippen LogP contribution in [0.5, 0.6) is 0 Å². The number of nitrogens with zero attached hydrogens (tertiary/aromatic N) is 1. The van der Waals surface area contributed by atoms with E-state index in [9.17, 15) is 9.90 Å². The summed E-state index contributed by atoms with van der Waals surface area (Å²) < 4.78 is 0. The number of carboxylic acids is 1. The van der Waals surface area contributed by atoms with Gasteiger partial charge in [-0.25, -0.2) is 0 Å². The molecule has 104 valence electrons. The average molecular weight is 262 g/mol. The van der Waals surface area contributed by atoms with Crippen molar-refractivity contribution in [2.45, 2.75) is 32.2 Å². The number of anilines is 1. The third-order valence-corrected chi connectivity index (χ3v) is 3.97. The van der Waals surface area contributed by atoms with E-state index in [4.69, 9.17) is 5.73 Å². The van der Waals surface area contributed by atoms with Crippen LogP contribution in [0.3, 0.4) is 0 Å². The van der Waals surface area contributed by atoms with Gasteiger partial charge in [0.15, 0.2) is 0 Å². The van der Waals surface area contributed by atoms with E-state index in [2.05, 4.69) is 6.07 Å². The second-order valence-electron chi connectivity index (χ2n) is 5.77. The van der Waals surface area contributed by atoms with Crippen LogP contribution in [0, 0.1) is 19.8 Å². The van der Waals surface area contributed by atoms with Gasteiger partial charge in [-0.05, 0) is 44.2 Å². The Morgan fingerprint density at radius 1 is 1.47 bits per heavy atom. The van der Waals surface area contributed by atoms with Gasteiger partial charge in [0, 0.05) is 19.3 Å². The second-order valence-corrected chi connectivity index (χ2v) is 5.77. The van der Waals surface area contributed by atoms with E-state index >= 15 is 0 Å². The smallest absolute Gasteiger partial charge is 0.325 e. The second kappa shape index (κ2) is 4.85. The normalized spacial score (nSPS) is 17.9. The fourth-order valence-electron chi connectivity index (χ4n) is 2.68. The Morgan fingerprint density at radius 2 is 2.11 bits per heavy atom. The van der Waals surface area contributed by atoms with E-state index in [1.165, 1.54) is 5.56 Å². The van der Waals surface area contributed by atoms with Crippen molar-refractivity contribution in [1.29, 1.82) is 0 Å². The summed E-state index contributed by atoms with van der Waals surface area (Å²) in [5.74, 6) is -0.787. The molecule has 4 nitrogen and oxygen atoms in total. The highest BCUT2D eigenvalue weighted by molar-refractivity contribution is 5.80. The third-order valence-electron chi connectivity index (χ3n) is 3.97. The molecule has 0 amide bonds. The summed E-state index contributed by atoms with van der Waals surface area (Å²) in [6, 6.07) is 6.16. The van der Waals surface area contributed by atoms with Crippen molar-refractivity contribution in [1.82, 2.24) is 0 Å². The predicted molar refractivity (Wildman–Crippen MR) is 76.5 cm³/mol. The van der Waals surface area contributed by atoms with Gasteiger partial charge in [0.05, 0.1) is 0 Å². The highest BCUT2D eigenvalue weighted by atomic mass is 16.4. The minimum Gasteiger partial charge on any atom is -0.480 e. The monoisotopic (exact) mass is 262 g/mol. The average Bonchev–Trinajstić information content (AvgIpc) is 3.11. The number of benzene rings is 1. The van der Waals surface area contributed by atoms with Gasteiger partial charge >= 0.3 is 5.97 Å². The number of aliphatic carboxylic acids is 1. The van der Waals surface area contributed by atoms with E-state index < -0.39 is 11.5 Å². The number of rotatable bonds is 5. The number of aryl methyl sites for hydroxylation is 2. The fraction of sp³-hybridized carbons (Fsp3) is 0.533. The molecule has 1 aromatic carbocycles. The highest BCUT2D eigenvalue weighted by Crippen LogP contribution is 2.39. The van der Waals surface area contributed by atoms with Gasteiger partial charge in [0.2, 0.25) is 0 Å². The van der Waals surface area contributed by atoms with Crippen LogP contribution in [0.1, 0.15) is 24.0 Å². The van der Waals surface area contributed by atoms with Crippen molar-refractivity contribution < 1.29 is 9.90 Å². The first-order valence-corrected chi connectivity index (χ1v) is 6.65.